The van der Waals surface area contributed by atoms with E-state index in [1.807, 2.05) is 184 Å². The lowest BCUT2D eigenvalue weighted by molar-refractivity contribution is -0.384. The number of carboxylic acids is 1. The fourth-order valence-corrected chi connectivity index (χ4v) is 14.9. The maximum absolute atomic E-state index is 12.9. The van der Waals surface area contributed by atoms with Gasteiger partial charge in [-0.1, -0.05) is 193 Å². The lowest BCUT2D eigenvalue weighted by Crippen LogP contribution is -2.30. The minimum absolute atomic E-state index is 0.0262. The first-order chi connectivity index (χ1) is 56.9. The number of sulfone groups is 2. The first-order valence-electron chi connectivity index (χ1n) is 36.5. The number of nitrogens with zero attached hydrogens (tertiary/aromatic N) is 5. The number of hydrogen-bond donors (Lipinski definition) is 7. The number of amides is 1. The molecule has 10 aromatic carbocycles. The quantitative estimate of drug-likeness (QED) is 0.00787. The molecule has 12 rings (SSSR count). The largest absolute Gasteiger partial charge is 0.476 e. The monoisotopic (exact) mass is 1720 g/mol. The third-order valence-electron chi connectivity index (χ3n) is 17.2. The van der Waals surface area contributed by atoms with Gasteiger partial charge in [0.1, 0.15) is 28.8 Å². The number of nitrogen functional groups attached to an aromatic ring is 4. The molecule has 120 heavy (non-hydrogen) atoms. The molecule has 0 spiro atoms. The van der Waals surface area contributed by atoms with Crippen molar-refractivity contribution < 1.29 is 72.5 Å². The third kappa shape index (κ3) is 31.9. The summed E-state index contributed by atoms with van der Waals surface area (Å²) in [6.07, 6.45) is 6.12. The van der Waals surface area contributed by atoms with E-state index < -0.39 is 68.0 Å². The number of Topliss-reactive ketones (excluding diaryl/α,β-unsaturated/α-hetero) is 3. The van der Waals surface area contributed by atoms with Crippen LogP contribution >= 0.6 is 11.6 Å². The number of nitrogens with two attached hydrogens (primary N) is 5. The van der Waals surface area contributed by atoms with E-state index in [2.05, 4.69) is 24.7 Å². The highest BCUT2D eigenvalue weighted by Crippen LogP contribution is 2.24. The van der Waals surface area contributed by atoms with Crippen LogP contribution in [0.15, 0.2) is 299 Å². The number of nitro benzene ring substituents is 1. The van der Waals surface area contributed by atoms with Crippen molar-refractivity contribution in [2.24, 2.45) is 5.14 Å². The molecular weight excluding hydrogens is 1630 g/mol. The molecule has 0 aliphatic rings. The second-order valence-corrected chi connectivity index (χ2v) is 34.3. The predicted molar refractivity (Wildman–Crippen MR) is 460 cm³/mol. The molecule has 0 saturated heterocycles. The average Bonchev–Trinajstić information content (AvgIpc) is 0.835. The summed E-state index contributed by atoms with van der Waals surface area (Å²) in [5.74, 6) is -3.66. The molecule has 622 valence electrons. The Balaban J connectivity index is 0.000000208. The fourth-order valence-electron chi connectivity index (χ4n) is 10.7. The average molecular weight is 1720 g/mol. The van der Waals surface area contributed by atoms with Gasteiger partial charge >= 0.3 is 5.97 Å². The van der Waals surface area contributed by atoms with Gasteiger partial charge in [-0.05, 0) is 152 Å². The SMILES string of the molecule is Cc1ccc(-c2cnc(N)c(C(=O)Cc3ccc(S(=O)(=O)NC(=O)CCc4ccccc4)cc3)n2)cc1.Cc1ccc(-c2cnc(N)c(C(=O)O)n2)cc1.NS(=O)(=O)c1ccc([N+](=O)[O-])cc1.Nc1ccc(S(=O)(=O)CC(=O)CCc2ccccc2)cc1.Nc1ccc(S(=O)(=O)CC(=O)CCc2ccccc2)cc1.O=C(Cl)CCc1ccccc1. The van der Waals surface area contributed by atoms with Crippen LogP contribution in [0.25, 0.3) is 22.5 Å². The summed E-state index contributed by atoms with van der Waals surface area (Å²) in [6, 6.07) is 75.3. The van der Waals surface area contributed by atoms with E-state index in [4.69, 9.17) is 44.8 Å². The van der Waals surface area contributed by atoms with E-state index in [1.54, 1.807) is 0 Å². The molecule has 28 nitrogen and oxygen atoms in total. The van der Waals surface area contributed by atoms with Crippen molar-refractivity contribution in [2.75, 3.05) is 34.4 Å². The Hall–Kier alpha value is -13.4. The number of nitro groups is 1. The molecule has 0 radical (unpaired) electrons. The number of sulfonamides is 2. The van der Waals surface area contributed by atoms with Gasteiger partial charge < -0.3 is 28.0 Å². The molecule has 2 aromatic heterocycles. The lowest BCUT2D eigenvalue weighted by Gasteiger charge is -2.09. The van der Waals surface area contributed by atoms with E-state index in [0.717, 1.165) is 75.2 Å². The van der Waals surface area contributed by atoms with E-state index in [-0.39, 0.29) is 96.6 Å². The third-order valence-corrected chi connectivity index (χ3v) is 23.1. The van der Waals surface area contributed by atoms with Crippen LogP contribution in [0.1, 0.15) is 85.6 Å². The standard InChI is InChI=1S/C28H26N4O4S.2C16H17NO3S.C12H11N3O2.C9H9ClO.C6H6N2O4S/c1-19-7-12-22(13-8-19)24-18-30-28(29)27(31-24)25(33)17-21-9-14-23(15-10-21)37(35,36)32-26(34)16-11-20-5-3-2-4-6-20;2*17-14-7-10-16(11-8-14)21(19,20)12-15(18)9-6-13-4-2-1-3-5-13;1-7-2-4-8(5-3-7)9-6-14-11(13)10(15-9)12(16)17;10-9(11)7-6-8-4-2-1-3-5-8;7-13(11,12)6-3-1-5(2-4-6)8(9)10/h2-10,12-15,18H,11,16-17H2,1H3,(H2,29,30)(H,32,34);2*1-5,7-8,10-11H,6,9,12,17H2;2-6H,1H3,(H2,13,14)(H,16,17);1-5H,6-7H2;1-4H,(H2,7,11,12). The van der Waals surface area contributed by atoms with Gasteiger partial charge in [0.05, 0.1) is 48.3 Å². The molecule has 1 amide bonds. The van der Waals surface area contributed by atoms with Crippen molar-refractivity contribution in [1.29, 1.82) is 0 Å². The van der Waals surface area contributed by atoms with Crippen LogP contribution in [-0.2, 0) is 91.0 Å². The van der Waals surface area contributed by atoms with Crippen LogP contribution < -0.4 is 32.8 Å². The highest BCUT2D eigenvalue weighted by Gasteiger charge is 2.23. The highest BCUT2D eigenvalue weighted by atomic mass is 35.5. The number of nitrogens with one attached hydrogen (secondary N) is 1. The Labute approximate surface area is 700 Å². The number of hydrogen-bond acceptors (Lipinski definition) is 24. The number of halogens is 1. The summed E-state index contributed by atoms with van der Waals surface area (Å²) >= 11 is 5.19. The number of anilines is 4. The number of ketones is 3. The van der Waals surface area contributed by atoms with Crippen LogP contribution in [-0.4, -0.2) is 110 Å². The highest BCUT2D eigenvalue weighted by molar-refractivity contribution is 7.92. The molecule has 0 unspecified atom stereocenters. The van der Waals surface area contributed by atoms with Gasteiger partial charge in [-0.3, -0.25) is 34.1 Å². The lowest BCUT2D eigenvalue weighted by atomic mass is 10.1. The molecule has 0 fully saturated rings. The second-order valence-electron chi connectivity index (χ2n) is 26.6. The van der Waals surface area contributed by atoms with E-state index >= 15 is 0 Å². The predicted octanol–water partition coefficient (Wildman–Crippen LogP) is 12.7. The number of aryl methyl sites for hydroxylation is 6. The number of benzene rings is 10. The smallest absolute Gasteiger partial charge is 0.358 e. The molecule has 33 heteroatoms. The van der Waals surface area contributed by atoms with Gasteiger partial charge in [0.25, 0.3) is 15.7 Å². The van der Waals surface area contributed by atoms with Crippen molar-refractivity contribution in [3.05, 3.63) is 340 Å². The molecule has 12 aromatic rings. The molecule has 0 aliphatic heterocycles. The molecular formula is C87H86ClN11O17S4. The first-order valence-corrected chi connectivity index (χ1v) is 43.3. The van der Waals surface area contributed by atoms with Crippen molar-refractivity contribution >= 4 is 114 Å². The van der Waals surface area contributed by atoms with Gasteiger partial charge in [-0.2, -0.15) is 0 Å². The molecule has 12 N–H and O–H groups in total. The Kier molecular flexibility index (Phi) is 35.5. The molecule has 0 saturated carbocycles. The van der Waals surface area contributed by atoms with E-state index in [1.165, 1.54) is 85.2 Å². The summed E-state index contributed by atoms with van der Waals surface area (Å²) in [7, 11) is -15.0. The normalized spacial score (nSPS) is 10.9. The Morgan fingerprint density at radius 2 is 0.767 bits per heavy atom. The van der Waals surface area contributed by atoms with Gasteiger partial charge in [0.2, 0.25) is 21.2 Å². The fraction of sp³-hybridized carbons (Fsp3) is 0.149. The minimum atomic E-state index is -4.03. The molecule has 0 aliphatic carbocycles. The zero-order chi connectivity index (χ0) is 87.6. The van der Waals surface area contributed by atoms with Crippen LogP contribution in [0.5, 0.6) is 0 Å². The van der Waals surface area contributed by atoms with Gasteiger partial charge in [0.15, 0.2) is 42.8 Å². The number of aromatic nitrogens is 4. The molecule has 0 bridgehead atoms. The zero-order valence-corrected chi connectivity index (χ0v) is 69.0. The van der Waals surface area contributed by atoms with Crippen LogP contribution in [0.3, 0.4) is 0 Å². The van der Waals surface area contributed by atoms with Crippen LogP contribution in [0.4, 0.5) is 28.7 Å². The summed E-state index contributed by atoms with van der Waals surface area (Å²) < 4.78 is 97.2. The maximum Gasteiger partial charge on any atom is 0.358 e. The summed E-state index contributed by atoms with van der Waals surface area (Å²) in [4.78, 5) is 96.1. The summed E-state index contributed by atoms with van der Waals surface area (Å²) in [5, 5.41) is 23.6. The summed E-state index contributed by atoms with van der Waals surface area (Å²) in [6.45, 7) is 3.95. The Morgan fingerprint density at radius 3 is 1.12 bits per heavy atom. The van der Waals surface area contributed by atoms with Crippen molar-refractivity contribution in [3.63, 3.8) is 0 Å². The van der Waals surface area contributed by atoms with Crippen molar-refractivity contribution in [2.45, 2.75) is 91.2 Å². The molecule has 0 atom stereocenters. The number of rotatable bonds is 28. The van der Waals surface area contributed by atoms with Crippen molar-refractivity contribution in [3.8, 4) is 22.5 Å². The maximum atomic E-state index is 12.9. The van der Waals surface area contributed by atoms with Crippen molar-refractivity contribution in [1.82, 2.24) is 24.7 Å². The zero-order valence-electron chi connectivity index (χ0n) is 64.9. The number of aromatic carboxylic acids is 1. The van der Waals surface area contributed by atoms with Gasteiger partial charge in [0, 0.05) is 66.7 Å². The molecule has 2 heterocycles. The van der Waals surface area contributed by atoms with Gasteiger partial charge in [-0.25, -0.2) is 68.3 Å². The number of primary sulfonamides is 1. The topological polar surface area (TPSA) is 496 Å². The second kappa shape index (κ2) is 45.4. The Morgan fingerprint density at radius 1 is 0.425 bits per heavy atom. The van der Waals surface area contributed by atoms with Crippen LogP contribution in [0.2, 0.25) is 0 Å². The number of carbonyl (C=O) groups excluding carboxylic acids is 5. The number of carbonyl (C=O) groups is 6. The Bertz CT molecular complexity index is 5830. The summed E-state index contributed by atoms with van der Waals surface area (Å²) in [5.41, 5.74) is 32.6. The number of carboxylic acid groups (broad SMARTS) is 1. The number of non-ortho nitro benzene ring substituents is 1. The van der Waals surface area contributed by atoms with Gasteiger partial charge in [-0.15, -0.1) is 0 Å². The minimum Gasteiger partial charge on any atom is -0.476 e. The first kappa shape index (κ1) is 93.8. The van der Waals surface area contributed by atoms with Crippen LogP contribution in [0, 0.1) is 24.0 Å². The van der Waals surface area contributed by atoms with E-state index in [9.17, 15) is 72.6 Å². The van der Waals surface area contributed by atoms with E-state index in [0.29, 0.717) is 54.0 Å².